The Morgan fingerprint density at radius 1 is 0.840 bits per heavy atom. The number of carbonyl (C=O) groups is 1. The van der Waals surface area contributed by atoms with Gasteiger partial charge in [0.2, 0.25) is 6.29 Å². The molecular formula is C36H42O14. The number of phenolic OH excluding ortho intramolecular Hbond substituents is 2. The van der Waals surface area contributed by atoms with Gasteiger partial charge in [0.15, 0.2) is 34.5 Å². The molecule has 0 unspecified atom stereocenters. The van der Waals surface area contributed by atoms with Crippen LogP contribution in [-0.2, 0) is 25.4 Å². The highest BCUT2D eigenvalue weighted by Crippen LogP contribution is 2.43. The van der Waals surface area contributed by atoms with Crippen LogP contribution in [0.15, 0.2) is 60.7 Å². The van der Waals surface area contributed by atoms with Gasteiger partial charge in [0.1, 0.15) is 31.0 Å². The highest BCUT2D eigenvalue weighted by molar-refractivity contribution is 5.87. The molecule has 2 heterocycles. The summed E-state index contributed by atoms with van der Waals surface area (Å²) in [6.07, 6.45) is -4.91. The summed E-state index contributed by atoms with van der Waals surface area (Å²) in [7, 11) is 4.30. The van der Waals surface area contributed by atoms with Crippen molar-refractivity contribution in [1.29, 1.82) is 0 Å². The SMILES string of the molecule is COc1cc(C=CC(=O)OC[C@H]2O[C@@H](Oc3ccc(C[C@H]4CO[C@H](c5ccc(O)c(OC)c5)[C@H]4CO)cc3OC)[C@H](O)[C@@H](O)[C@@H]2O)ccc1O. The van der Waals surface area contributed by atoms with Crippen molar-refractivity contribution in [3.8, 4) is 34.5 Å². The summed E-state index contributed by atoms with van der Waals surface area (Å²) in [5.74, 6) is -0.0772. The molecule has 50 heavy (non-hydrogen) atoms. The Bertz CT molecular complexity index is 1640. The van der Waals surface area contributed by atoms with E-state index < -0.39 is 49.4 Å². The number of aromatic hydroxyl groups is 2. The van der Waals surface area contributed by atoms with Gasteiger partial charge in [-0.25, -0.2) is 4.79 Å². The van der Waals surface area contributed by atoms with Crippen molar-refractivity contribution < 1.29 is 68.6 Å². The zero-order valence-electron chi connectivity index (χ0n) is 27.7. The topological polar surface area (TPSA) is 203 Å². The zero-order chi connectivity index (χ0) is 35.9. The second-order valence-corrected chi connectivity index (χ2v) is 12.0. The highest BCUT2D eigenvalue weighted by atomic mass is 16.7. The van der Waals surface area contributed by atoms with Crippen LogP contribution in [0.3, 0.4) is 0 Å². The molecule has 5 rings (SSSR count). The van der Waals surface area contributed by atoms with Crippen LogP contribution < -0.4 is 18.9 Å². The van der Waals surface area contributed by atoms with E-state index in [1.54, 1.807) is 36.4 Å². The predicted octanol–water partition coefficient (Wildman–Crippen LogP) is 2.11. The van der Waals surface area contributed by atoms with Gasteiger partial charge in [-0.1, -0.05) is 18.2 Å². The smallest absolute Gasteiger partial charge is 0.330 e. The molecule has 14 nitrogen and oxygen atoms in total. The standard InChI is InChI=1S/C36H42O14/c1-44-27-13-19(4-8-24(27)38)6-11-31(40)47-18-30-32(41)33(42)34(43)36(50-30)49-26-10-5-20(14-29(26)46-3)12-22-17-48-35(23(22)16-37)21-7-9-25(39)28(15-21)45-2/h4-11,13-15,22-23,30,32-39,41-43H,12,16-18H2,1-3H3/t22-,23-,30+,32+,33-,34+,35+,36+/m0/s1. The van der Waals surface area contributed by atoms with Gasteiger partial charge < -0.3 is 63.8 Å². The number of hydrogen-bond donors (Lipinski definition) is 6. The van der Waals surface area contributed by atoms with Gasteiger partial charge >= 0.3 is 5.97 Å². The van der Waals surface area contributed by atoms with E-state index >= 15 is 0 Å². The average Bonchev–Trinajstić information content (AvgIpc) is 3.53. The molecule has 270 valence electrons. The van der Waals surface area contributed by atoms with E-state index in [1.165, 1.54) is 45.6 Å². The Morgan fingerprint density at radius 3 is 2.24 bits per heavy atom. The van der Waals surface area contributed by atoms with Crippen LogP contribution in [0.25, 0.3) is 6.08 Å². The second kappa shape index (κ2) is 16.4. The highest BCUT2D eigenvalue weighted by Gasteiger charge is 2.46. The molecule has 0 radical (unpaired) electrons. The average molecular weight is 699 g/mol. The Hall–Kier alpha value is -4.57. The monoisotopic (exact) mass is 698 g/mol. The molecule has 0 aliphatic carbocycles. The molecule has 2 aliphatic rings. The molecule has 2 fully saturated rings. The van der Waals surface area contributed by atoms with Crippen molar-refractivity contribution in [2.75, 3.05) is 41.2 Å². The first kappa shape index (κ1) is 36.7. The van der Waals surface area contributed by atoms with Gasteiger partial charge in [-0.15, -0.1) is 0 Å². The summed E-state index contributed by atoms with van der Waals surface area (Å²) in [6.45, 7) is -0.200. The van der Waals surface area contributed by atoms with Crippen LogP contribution >= 0.6 is 0 Å². The molecule has 14 heteroatoms. The Labute approximate surface area is 288 Å². The van der Waals surface area contributed by atoms with E-state index in [2.05, 4.69) is 0 Å². The van der Waals surface area contributed by atoms with Crippen LogP contribution in [0.5, 0.6) is 34.5 Å². The van der Waals surface area contributed by atoms with Gasteiger partial charge in [0.25, 0.3) is 0 Å². The second-order valence-electron chi connectivity index (χ2n) is 12.0. The molecule has 6 N–H and O–H groups in total. The van der Waals surface area contributed by atoms with Crippen LogP contribution in [0.1, 0.15) is 22.8 Å². The third kappa shape index (κ3) is 8.24. The van der Waals surface area contributed by atoms with E-state index in [9.17, 15) is 35.4 Å². The maximum absolute atomic E-state index is 12.4. The Morgan fingerprint density at radius 2 is 1.54 bits per heavy atom. The van der Waals surface area contributed by atoms with Crippen LogP contribution in [0, 0.1) is 11.8 Å². The number of carbonyl (C=O) groups excluding carboxylic acids is 1. The summed E-state index contributed by atoms with van der Waals surface area (Å²) >= 11 is 0. The fourth-order valence-electron chi connectivity index (χ4n) is 6.08. The van der Waals surface area contributed by atoms with Crippen LogP contribution in [-0.4, -0.2) is 108 Å². The van der Waals surface area contributed by atoms with Gasteiger partial charge in [-0.05, 0) is 71.5 Å². The summed E-state index contributed by atoms with van der Waals surface area (Å²) in [4.78, 5) is 12.4. The van der Waals surface area contributed by atoms with Crippen molar-refractivity contribution in [1.82, 2.24) is 0 Å². The van der Waals surface area contributed by atoms with Crippen molar-refractivity contribution in [3.05, 3.63) is 77.4 Å². The maximum Gasteiger partial charge on any atom is 0.330 e. The number of benzene rings is 3. The lowest BCUT2D eigenvalue weighted by Crippen LogP contribution is -2.60. The first-order valence-corrected chi connectivity index (χ1v) is 15.9. The lowest BCUT2D eigenvalue weighted by Gasteiger charge is -2.40. The third-order valence-corrected chi connectivity index (χ3v) is 8.87. The quantitative estimate of drug-likeness (QED) is 0.112. The first-order chi connectivity index (χ1) is 24.1. The predicted molar refractivity (Wildman–Crippen MR) is 176 cm³/mol. The fourth-order valence-corrected chi connectivity index (χ4v) is 6.08. The van der Waals surface area contributed by atoms with Crippen molar-refractivity contribution in [2.24, 2.45) is 11.8 Å². The van der Waals surface area contributed by atoms with Gasteiger partial charge in [0, 0.05) is 18.6 Å². The molecule has 2 aliphatic heterocycles. The molecule has 0 bridgehead atoms. The summed E-state index contributed by atoms with van der Waals surface area (Å²) in [5.41, 5.74) is 2.19. The van der Waals surface area contributed by atoms with Gasteiger partial charge in [-0.3, -0.25) is 0 Å². The van der Waals surface area contributed by atoms with Crippen LogP contribution in [0.4, 0.5) is 0 Å². The minimum Gasteiger partial charge on any atom is -0.504 e. The van der Waals surface area contributed by atoms with Crippen molar-refractivity contribution in [2.45, 2.75) is 43.2 Å². The first-order valence-electron chi connectivity index (χ1n) is 15.9. The van der Waals surface area contributed by atoms with Crippen LogP contribution in [0.2, 0.25) is 0 Å². The molecule has 0 aromatic heterocycles. The minimum absolute atomic E-state index is 0.00840. The van der Waals surface area contributed by atoms with E-state index in [0.717, 1.165) is 17.2 Å². The Kier molecular flexibility index (Phi) is 12.1. The molecule has 3 aromatic carbocycles. The molecule has 3 aromatic rings. The normalized spacial score (nSPS) is 26.5. The number of phenols is 2. The lowest BCUT2D eigenvalue weighted by atomic mass is 9.84. The maximum atomic E-state index is 12.4. The lowest BCUT2D eigenvalue weighted by molar-refractivity contribution is -0.278. The minimum atomic E-state index is -1.68. The number of aliphatic hydroxyl groups is 4. The van der Waals surface area contributed by atoms with E-state index in [0.29, 0.717) is 30.1 Å². The van der Waals surface area contributed by atoms with E-state index in [-0.39, 0.29) is 41.4 Å². The van der Waals surface area contributed by atoms with Crippen molar-refractivity contribution in [3.63, 3.8) is 0 Å². The summed E-state index contributed by atoms with van der Waals surface area (Å²) in [5, 5.41) is 61.7. The number of hydrogen-bond acceptors (Lipinski definition) is 14. The zero-order valence-corrected chi connectivity index (χ0v) is 27.7. The molecule has 0 saturated carbocycles. The fraction of sp³-hybridized carbons (Fsp3) is 0.417. The van der Waals surface area contributed by atoms with Crippen molar-refractivity contribution >= 4 is 12.0 Å². The van der Waals surface area contributed by atoms with E-state index in [1.807, 2.05) is 0 Å². The molecule has 0 amide bonds. The molecule has 0 spiro atoms. The number of esters is 1. The summed E-state index contributed by atoms with van der Waals surface area (Å²) in [6, 6.07) is 14.6. The molecular weight excluding hydrogens is 656 g/mol. The van der Waals surface area contributed by atoms with Gasteiger partial charge in [-0.2, -0.15) is 0 Å². The number of rotatable bonds is 13. The number of aliphatic hydroxyl groups excluding tert-OH is 4. The number of methoxy groups -OCH3 is 3. The number of ether oxygens (including phenoxy) is 7. The third-order valence-electron chi connectivity index (χ3n) is 8.87. The summed E-state index contributed by atoms with van der Waals surface area (Å²) < 4.78 is 38.8. The molecule has 8 atom stereocenters. The Balaban J connectivity index is 1.21. The molecule has 2 saturated heterocycles. The van der Waals surface area contributed by atoms with E-state index in [4.69, 9.17) is 33.2 Å². The largest absolute Gasteiger partial charge is 0.504 e. The van der Waals surface area contributed by atoms with Gasteiger partial charge in [0.05, 0.1) is 34.0 Å².